The van der Waals surface area contributed by atoms with Crippen LogP contribution in [0.2, 0.25) is 0 Å². The van der Waals surface area contributed by atoms with Crippen LogP contribution in [0.25, 0.3) is 0 Å². The molecule has 1 fully saturated rings. The van der Waals surface area contributed by atoms with Gasteiger partial charge in [-0.15, -0.1) is 0 Å². The van der Waals surface area contributed by atoms with Crippen LogP contribution in [0.4, 0.5) is 13.2 Å². The summed E-state index contributed by atoms with van der Waals surface area (Å²) in [5.74, 6) is 0.200. The molecule has 1 aliphatic heterocycles. The van der Waals surface area contributed by atoms with Gasteiger partial charge in [0.15, 0.2) is 0 Å². The quantitative estimate of drug-likeness (QED) is 0.655. The lowest BCUT2D eigenvalue weighted by Gasteiger charge is -2.36. The summed E-state index contributed by atoms with van der Waals surface area (Å²) in [7, 11) is 1.53. The summed E-state index contributed by atoms with van der Waals surface area (Å²) in [5.41, 5.74) is 1.88. The summed E-state index contributed by atoms with van der Waals surface area (Å²) in [6.45, 7) is 6.70. The fourth-order valence-corrected chi connectivity index (χ4v) is 4.02. The number of aryl methyl sites for hydroxylation is 1. The second-order valence-electron chi connectivity index (χ2n) is 8.70. The van der Waals surface area contributed by atoms with Gasteiger partial charge in [0.25, 0.3) is 5.91 Å². The predicted octanol–water partition coefficient (Wildman–Crippen LogP) is 5.13. The Hall–Kier alpha value is -2.41. The molecule has 1 amide bonds. The van der Waals surface area contributed by atoms with Gasteiger partial charge in [-0.1, -0.05) is 18.2 Å². The molecule has 0 bridgehead atoms. The third-order valence-corrected chi connectivity index (χ3v) is 5.92. The number of methoxy groups -OCH3 is 1. The van der Waals surface area contributed by atoms with E-state index in [1.807, 2.05) is 24.0 Å². The number of hydrogen-bond acceptors (Lipinski definition) is 3. The molecule has 2 aromatic rings. The van der Waals surface area contributed by atoms with Gasteiger partial charge < -0.3 is 9.64 Å². The molecule has 1 aliphatic rings. The van der Waals surface area contributed by atoms with Crippen molar-refractivity contribution in [3.63, 3.8) is 0 Å². The number of piperidine rings is 1. The zero-order chi connectivity index (χ0) is 22.8. The zero-order valence-electron chi connectivity index (χ0n) is 18.4. The SMILES string of the molecule is COC(C)(C)C(=O)N1CCC(c2cc(Cc3cccc(C(F)(F)F)c3)cc(C)n2)CC1. The van der Waals surface area contributed by atoms with Crippen molar-refractivity contribution >= 4 is 5.91 Å². The fourth-order valence-electron chi connectivity index (χ4n) is 4.02. The molecule has 7 heteroatoms. The number of rotatable bonds is 5. The van der Waals surface area contributed by atoms with Gasteiger partial charge in [-0.25, -0.2) is 0 Å². The van der Waals surface area contributed by atoms with Crippen molar-refractivity contribution in [2.75, 3.05) is 20.2 Å². The summed E-state index contributed by atoms with van der Waals surface area (Å²) in [4.78, 5) is 19.1. The van der Waals surface area contributed by atoms with Crippen molar-refractivity contribution in [1.29, 1.82) is 0 Å². The second-order valence-corrected chi connectivity index (χ2v) is 8.70. The summed E-state index contributed by atoms with van der Waals surface area (Å²) in [5, 5.41) is 0. The Morgan fingerprint density at radius 1 is 1.13 bits per heavy atom. The molecule has 31 heavy (non-hydrogen) atoms. The minimum Gasteiger partial charge on any atom is -0.369 e. The number of pyridine rings is 1. The van der Waals surface area contributed by atoms with E-state index in [0.29, 0.717) is 25.1 Å². The number of nitrogens with zero attached hydrogens (tertiary/aromatic N) is 2. The molecule has 1 aromatic carbocycles. The van der Waals surface area contributed by atoms with E-state index in [1.165, 1.54) is 19.2 Å². The minimum atomic E-state index is -4.35. The molecule has 0 saturated carbocycles. The van der Waals surface area contributed by atoms with Crippen LogP contribution >= 0.6 is 0 Å². The molecule has 1 saturated heterocycles. The summed E-state index contributed by atoms with van der Waals surface area (Å²) < 4.78 is 44.4. The van der Waals surface area contributed by atoms with Crippen LogP contribution in [0.1, 0.15) is 60.7 Å². The van der Waals surface area contributed by atoms with Crippen molar-refractivity contribution < 1.29 is 22.7 Å². The van der Waals surface area contributed by atoms with Crippen molar-refractivity contribution in [1.82, 2.24) is 9.88 Å². The standard InChI is InChI=1S/C24H29F3N2O2/c1-16-12-18(13-17-6-5-7-20(14-17)24(25,26)27)15-21(28-16)19-8-10-29(11-9-19)22(30)23(2,3)31-4/h5-7,12,14-15,19H,8-11,13H2,1-4H3. The molecule has 4 nitrogen and oxygen atoms in total. The van der Waals surface area contributed by atoms with Crippen LogP contribution < -0.4 is 0 Å². The Balaban J connectivity index is 1.72. The lowest BCUT2D eigenvalue weighted by atomic mass is 9.90. The van der Waals surface area contributed by atoms with Crippen molar-refractivity contribution in [2.45, 2.75) is 57.7 Å². The van der Waals surface area contributed by atoms with Crippen LogP contribution in [-0.4, -0.2) is 41.6 Å². The lowest BCUT2D eigenvalue weighted by Crippen LogP contribution is -2.49. The molecule has 168 valence electrons. The highest BCUT2D eigenvalue weighted by Gasteiger charge is 2.34. The van der Waals surface area contributed by atoms with Gasteiger partial charge >= 0.3 is 6.18 Å². The van der Waals surface area contributed by atoms with E-state index in [4.69, 9.17) is 4.74 Å². The highest BCUT2D eigenvalue weighted by molar-refractivity contribution is 5.84. The Bertz CT molecular complexity index is 933. The molecular weight excluding hydrogens is 405 g/mol. The van der Waals surface area contributed by atoms with Crippen LogP contribution in [0.15, 0.2) is 36.4 Å². The van der Waals surface area contributed by atoms with Gasteiger partial charge in [-0.2, -0.15) is 13.2 Å². The first-order valence-corrected chi connectivity index (χ1v) is 10.5. The third kappa shape index (κ3) is 5.64. The van der Waals surface area contributed by atoms with Gasteiger partial charge in [0.05, 0.1) is 5.56 Å². The maximum absolute atomic E-state index is 13.0. The lowest BCUT2D eigenvalue weighted by molar-refractivity contribution is -0.152. The van der Waals surface area contributed by atoms with Crippen LogP contribution in [0, 0.1) is 6.92 Å². The average Bonchev–Trinajstić information content (AvgIpc) is 2.72. The Morgan fingerprint density at radius 2 is 1.81 bits per heavy atom. The maximum atomic E-state index is 13.0. The monoisotopic (exact) mass is 434 g/mol. The molecule has 3 rings (SSSR count). The fraction of sp³-hybridized carbons (Fsp3) is 0.500. The molecule has 0 unspecified atom stereocenters. The maximum Gasteiger partial charge on any atom is 0.416 e. The van der Waals surface area contributed by atoms with E-state index in [-0.39, 0.29) is 11.8 Å². The van der Waals surface area contributed by atoms with Crippen molar-refractivity contribution in [2.24, 2.45) is 0 Å². The van der Waals surface area contributed by atoms with E-state index in [0.717, 1.165) is 35.9 Å². The second kappa shape index (κ2) is 8.99. The van der Waals surface area contributed by atoms with E-state index in [1.54, 1.807) is 19.9 Å². The number of hydrogen-bond donors (Lipinski definition) is 0. The third-order valence-electron chi connectivity index (χ3n) is 5.92. The topological polar surface area (TPSA) is 42.4 Å². The number of carbonyl (C=O) groups excluding carboxylic acids is 1. The summed E-state index contributed by atoms with van der Waals surface area (Å²) in [6, 6.07) is 9.37. The van der Waals surface area contributed by atoms with Crippen LogP contribution in [-0.2, 0) is 22.1 Å². The number of aromatic nitrogens is 1. The number of ether oxygens (including phenoxy) is 1. The number of halogens is 3. The number of benzene rings is 1. The zero-order valence-corrected chi connectivity index (χ0v) is 18.4. The summed E-state index contributed by atoms with van der Waals surface area (Å²) in [6.07, 6.45) is -2.34. The smallest absolute Gasteiger partial charge is 0.369 e. The largest absolute Gasteiger partial charge is 0.416 e. The summed E-state index contributed by atoms with van der Waals surface area (Å²) >= 11 is 0. The normalized spacial score (nSPS) is 15.9. The Labute approximate surface area is 181 Å². The number of likely N-dealkylation sites (tertiary alicyclic amines) is 1. The van der Waals surface area contributed by atoms with E-state index < -0.39 is 17.3 Å². The van der Waals surface area contributed by atoms with Crippen molar-refractivity contribution in [3.05, 3.63) is 64.5 Å². The number of carbonyl (C=O) groups is 1. The molecule has 2 heterocycles. The average molecular weight is 435 g/mol. The van der Waals surface area contributed by atoms with Gasteiger partial charge in [0.1, 0.15) is 5.60 Å². The number of alkyl halides is 3. The molecule has 0 spiro atoms. The molecule has 0 atom stereocenters. The van der Waals surface area contributed by atoms with Gasteiger partial charge in [0, 0.05) is 37.5 Å². The van der Waals surface area contributed by atoms with E-state index in [9.17, 15) is 18.0 Å². The van der Waals surface area contributed by atoms with Crippen molar-refractivity contribution in [3.8, 4) is 0 Å². The van der Waals surface area contributed by atoms with Gasteiger partial charge in [0.2, 0.25) is 0 Å². The first-order chi connectivity index (χ1) is 14.5. The highest BCUT2D eigenvalue weighted by Crippen LogP contribution is 2.31. The van der Waals surface area contributed by atoms with Crippen LogP contribution in [0.3, 0.4) is 0 Å². The van der Waals surface area contributed by atoms with Gasteiger partial charge in [-0.3, -0.25) is 9.78 Å². The van der Waals surface area contributed by atoms with Gasteiger partial charge in [-0.05, 0) is 69.4 Å². The van der Waals surface area contributed by atoms with E-state index in [2.05, 4.69) is 4.98 Å². The Morgan fingerprint density at radius 3 is 2.42 bits per heavy atom. The molecular formula is C24H29F3N2O2. The minimum absolute atomic E-state index is 0.0177. The molecule has 0 radical (unpaired) electrons. The first-order valence-electron chi connectivity index (χ1n) is 10.5. The first kappa shape index (κ1) is 23.3. The molecule has 0 aliphatic carbocycles. The number of amides is 1. The highest BCUT2D eigenvalue weighted by atomic mass is 19.4. The molecule has 0 N–H and O–H groups in total. The molecule has 1 aromatic heterocycles. The van der Waals surface area contributed by atoms with Crippen LogP contribution in [0.5, 0.6) is 0 Å². The Kier molecular flexibility index (Phi) is 6.74. The predicted molar refractivity (Wildman–Crippen MR) is 113 cm³/mol. The van der Waals surface area contributed by atoms with E-state index >= 15 is 0 Å².